The van der Waals surface area contributed by atoms with E-state index in [9.17, 15) is 0 Å². The first-order chi connectivity index (χ1) is 8.02. The highest BCUT2D eigenvalue weighted by atomic mass is 79.9. The summed E-state index contributed by atoms with van der Waals surface area (Å²) in [6.45, 7) is 4.10. The minimum absolute atomic E-state index is 0.157. The minimum Gasteiger partial charge on any atom is -0.409 e. The highest BCUT2D eigenvalue weighted by Crippen LogP contribution is 2.17. The zero-order chi connectivity index (χ0) is 12.8. The summed E-state index contributed by atoms with van der Waals surface area (Å²) in [6.07, 6.45) is 0.525. The van der Waals surface area contributed by atoms with Gasteiger partial charge in [-0.15, -0.1) is 0 Å². The monoisotopic (exact) mass is 299 g/mol. The molecule has 0 amide bonds. The Morgan fingerprint density at radius 2 is 2.00 bits per heavy atom. The molecule has 0 saturated heterocycles. The van der Waals surface area contributed by atoms with Gasteiger partial charge in [0.25, 0.3) is 0 Å². The van der Waals surface area contributed by atoms with Gasteiger partial charge in [0.1, 0.15) is 5.84 Å². The van der Waals surface area contributed by atoms with Gasteiger partial charge >= 0.3 is 0 Å². The second-order valence-corrected chi connectivity index (χ2v) is 5.05. The molecule has 4 N–H and O–H groups in total. The highest BCUT2D eigenvalue weighted by Gasteiger charge is 2.10. The molecular weight excluding hydrogens is 282 g/mol. The summed E-state index contributed by atoms with van der Waals surface area (Å²) in [5.74, 6) is 0.244. The standard InChI is InChI=1S/C12H18BrN3O/c1-8(7-12(14)16-17)15-9(2)10-3-5-11(13)6-4-10/h3-6,8-9,15,17H,7H2,1-2H3,(H2,14,16)/t8?,9-/m0/s1. The van der Waals surface area contributed by atoms with Crippen molar-refractivity contribution in [2.45, 2.75) is 32.4 Å². The summed E-state index contributed by atoms with van der Waals surface area (Å²) in [4.78, 5) is 0. The van der Waals surface area contributed by atoms with Crippen LogP contribution < -0.4 is 11.1 Å². The van der Waals surface area contributed by atoms with Crippen molar-refractivity contribution in [2.24, 2.45) is 10.9 Å². The molecule has 1 unspecified atom stereocenters. The number of nitrogens with two attached hydrogens (primary N) is 1. The lowest BCUT2D eigenvalue weighted by Crippen LogP contribution is -2.33. The Bertz CT molecular complexity index is 378. The first-order valence-corrected chi connectivity index (χ1v) is 6.30. The van der Waals surface area contributed by atoms with E-state index in [-0.39, 0.29) is 17.9 Å². The summed E-state index contributed by atoms with van der Waals surface area (Å²) in [5.41, 5.74) is 6.67. The molecule has 0 aliphatic carbocycles. The molecule has 0 radical (unpaired) electrons. The Hall–Kier alpha value is -1.07. The fraction of sp³-hybridized carbons (Fsp3) is 0.417. The van der Waals surface area contributed by atoms with E-state index in [2.05, 4.69) is 45.5 Å². The molecule has 5 heteroatoms. The van der Waals surface area contributed by atoms with Crippen LogP contribution in [0, 0.1) is 0 Å². The lowest BCUT2D eigenvalue weighted by molar-refractivity contribution is 0.315. The van der Waals surface area contributed by atoms with Crippen molar-refractivity contribution < 1.29 is 5.21 Å². The number of nitrogens with zero attached hydrogens (tertiary/aromatic N) is 1. The van der Waals surface area contributed by atoms with Crippen LogP contribution in [0.15, 0.2) is 33.9 Å². The molecule has 0 fully saturated rings. The summed E-state index contributed by atoms with van der Waals surface area (Å²) >= 11 is 3.41. The van der Waals surface area contributed by atoms with Gasteiger partial charge in [-0.25, -0.2) is 0 Å². The molecule has 0 saturated carbocycles. The molecular formula is C12H18BrN3O. The number of amidine groups is 1. The van der Waals surface area contributed by atoms with E-state index >= 15 is 0 Å². The van der Waals surface area contributed by atoms with Crippen LogP contribution in [-0.2, 0) is 0 Å². The van der Waals surface area contributed by atoms with Crippen LogP contribution in [0.3, 0.4) is 0 Å². The second kappa shape index (κ2) is 6.61. The quantitative estimate of drug-likeness (QED) is 0.339. The number of halogens is 1. The maximum Gasteiger partial charge on any atom is 0.140 e. The van der Waals surface area contributed by atoms with E-state index in [4.69, 9.17) is 10.9 Å². The summed E-state index contributed by atoms with van der Waals surface area (Å²) in [6, 6.07) is 8.55. The molecule has 0 bridgehead atoms. The molecule has 0 heterocycles. The fourth-order valence-corrected chi connectivity index (χ4v) is 1.95. The zero-order valence-electron chi connectivity index (χ0n) is 10.0. The SMILES string of the molecule is CC(C/C(N)=N/O)N[C@@H](C)c1ccc(Br)cc1. The average Bonchev–Trinajstić information content (AvgIpc) is 2.29. The van der Waals surface area contributed by atoms with Gasteiger partial charge < -0.3 is 16.3 Å². The van der Waals surface area contributed by atoms with Crippen LogP contribution in [-0.4, -0.2) is 17.1 Å². The van der Waals surface area contributed by atoms with Gasteiger partial charge in [-0.3, -0.25) is 0 Å². The number of oxime groups is 1. The van der Waals surface area contributed by atoms with Gasteiger partial charge in [0.05, 0.1) is 0 Å². The first kappa shape index (κ1) is 14.0. The lowest BCUT2D eigenvalue weighted by atomic mass is 10.1. The van der Waals surface area contributed by atoms with Crippen molar-refractivity contribution in [3.8, 4) is 0 Å². The predicted octanol–water partition coefficient (Wildman–Crippen LogP) is 2.62. The van der Waals surface area contributed by atoms with Crippen LogP contribution in [0.5, 0.6) is 0 Å². The largest absolute Gasteiger partial charge is 0.409 e. The normalized spacial score (nSPS) is 15.6. The number of hydrogen-bond acceptors (Lipinski definition) is 3. The Balaban J connectivity index is 2.54. The smallest absolute Gasteiger partial charge is 0.140 e. The second-order valence-electron chi connectivity index (χ2n) is 4.14. The molecule has 17 heavy (non-hydrogen) atoms. The van der Waals surface area contributed by atoms with Crippen LogP contribution in [0.2, 0.25) is 0 Å². The molecule has 1 rings (SSSR count). The Morgan fingerprint density at radius 1 is 1.41 bits per heavy atom. The molecule has 2 atom stereocenters. The predicted molar refractivity (Wildman–Crippen MR) is 73.2 cm³/mol. The molecule has 1 aromatic rings. The van der Waals surface area contributed by atoms with Crippen LogP contribution in [0.1, 0.15) is 31.9 Å². The molecule has 0 aromatic heterocycles. The van der Waals surface area contributed by atoms with Crippen molar-refractivity contribution in [3.63, 3.8) is 0 Å². The third kappa shape index (κ3) is 4.75. The van der Waals surface area contributed by atoms with E-state index in [0.29, 0.717) is 6.42 Å². The number of nitrogens with one attached hydrogen (secondary N) is 1. The third-order valence-corrected chi connectivity index (χ3v) is 3.08. The van der Waals surface area contributed by atoms with E-state index in [1.165, 1.54) is 5.56 Å². The molecule has 0 aliphatic rings. The Labute approximate surface area is 110 Å². The molecule has 4 nitrogen and oxygen atoms in total. The highest BCUT2D eigenvalue weighted by molar-refractivity contribution is 9.10. The molecule has 1 aromatic carbocycles. The van der Waals surface area contributed by atoms with Crippen molar-refractivity contribution in [1.29, 1.82) is 0 Å². The van der Waals surface area contributed by atoms with E-state index in [0.717, 1.165) is 4.47 Å². The van der Waals surface area contributed by atoms with Crippen molar-refractivity contribution in [3.05, 3.63) is 34.3 Å². The van der Waals surface area contributed by atoms with Gasteiger partial charge in [-0.2, -0.15) is 0 Å². The Kier molecular flexibility index (Phi) is 5.44. The molecule has 0 aliphatic heterocycles. The third-order valence-electron chi connectivity index (χ3n) is 2.55. The van der Waals surface area contributed by atoms with Crippen molar-refractivity contribution >= 4 is 21.8 Å². The first-order valence-electron chi connectivity index (χ1n) is 5.51. The number of hydrogen-bond donors (Lipinski definition) is 3. The lowest BCUT2D eigenvalue weighted by Gasteiger charge is -2.20. The zero-order valence-corrected chi connectivity index (χ0v) is 11.6. The van der Waals surface area contributed by atoms with Gasteiger partial charge in [0.15, 0.2) is 0 Å². The van der Waals surface area contributed by atoms with Crippen LogP contribution in [0.4, 0.5) is 0 Å². The van der Waals surface area contributed by atoms with Crippen LogP contribution >= 0.6 is 15.9 Å². The topological polar surface area (TPSA) is 70.6 Å². The van der Waals surface area contributed by atoms with E-state index in [1.807, 2.05) is 19.1 Å². The summed E-state index contributed by atoms with van der Waals surface area (Å²) in [5, 5.41) is 14.9. The van der Waals surface area contributed by atoms with Crippen LogP contribution in [0.25, 0.3) is 0 Å². The molecule has 0 spiro atoms. The van der Waals surface area contributed by atoms with Crippen molar-refractivity contribution in [1.82, 2.24) is 5.32 Å². The number of rotatable bonds is 5. The summed E-state index contributed by atoms with van der Waals surface area (Å²) in [7, 11) is 0. The Morgan fingerprint density at radius 3 is 2.53 bits per heavy atom. The van der Waals surface area contributed by atoms with Gasteiger partial charge in [0.2, 0.25) is 0 Å². The minimum atomic E-state index is 0.157. The summed E-state index contributed by atoms with van der Waals surface area (Å²) < 4.78 is 1.07. The van der Waals surface area contributed by atoms with Crippen molar-refractivity contribution in [2.75, 3.05) is 0 Å². The average molecular weight is 300 g/mol. The van der Waals surface area contributed by atoms with Gasteiger partial charge in [-0.1, -0.05) is 33.2 Å². The number of benzene rings is 1. The maximum absolute atomic E-state index is 8.50. The molecule has 94 valence electrons. The van der Waals surface area contributed by atoms with E-state index in [1.54, 1.807) is 0 Å². The van der Waals surface area contributed by atoms with E-state index < -0.39 is 0 Å². The van der Waals surface area contributed by atoms with Gasteiger partial charge in [-0.05, 0) is 31.5 Å². The fourth-order valence-electron chi connectivity index (χ4n) is 1.69. The maximum atomic E-state index is 8.50. The van der Waals surface area contributed by atoms with Gasteiger partial charge in [0, 0.05) is 23.0 Å².